The summed E-state index contributed by atoms with van der Waals surface area (Å²) in [6.45, 7) is 3.08. The predicted molar refractivity (Wildman–Crippen MR) is 84.5 cm³/mol. The zero-order chi connectivity index (χ0) is 17.1. The van der Waals surface area contributed by atoms with Crippen LogP contribution in [0.1, 0.15) is 41.1 Å². The summed E-state index contributed by atoms with van der Waals surface area (Å²) < 4.78 is 31.6. The molecule has 0 radical (unpaired) electrons. The van der Waals surface area contributed by atoms with Crippen molar-refractivity contribution in [1.82, 2.24) is 10.1 Å². The molecule has 128 valence electrons. The molecule has 0 aliphatic carbocycles. The first-order valence-electron chi connectivity index (χ1n) is 8.19. The zero-order valence-electron chi connectivity index (χ0n) is 13.6. The average molecular weight is 334 g/mol. The van der Waals surface area contributed by atoms with Gasteiger partial charge in [-0.3, -0.25) is 4.79 Å². The first kappa shape index (κ1) is 16.6. The normalized spacial score (nSPS) is 18.0. The fourth-order valence-corrected chi connectivity index (χ4v) is 3.20. The van der Waals surface area contributed by atoms with Gasteiger partial charge in [0, 0.05) is 25.2 Å². The highest BCUT2D eigenvalue weighted by Gasteiger charge is 2.26. The molecule has 3 rings (SSSR count). The van der Waals surface area contributed by atoms with E-state index in [-0.39, 0.29) is 5.91 Å². The van der Waals surface area contributed by atoms with Gasteiger partial charge in [-0.15, -0.1) is 0 Å². The van der Waals surface area contributed by atoms with Gasteiger partial charge in [0.15, 0.2) is 5.69 Å². The third-order valence-corrected chi connectivity index (χ3v) is 4.49. The van der Waals surface area contributed by atoms with E-state index in [1.54, 1.807) is 17.9 Å². The number of hydrogen-bond acceptors (Lipinski definition) is 3. The van der Waals surface area contributed by atoms with Gasteiger partial charge >= 0.3 is 0 Å². The maximum absolute atomic E-state index is 13.7. The van der Waals surface area contributed by atoms with E-state index in [1.165, 1.54) is 12.1 Å². The third kappa shape index (κ3) is 3.80. The molecule has 1 aliphatic rings. The van der Waals surface area contributed by atoms with Gasteiger partial charge in [0.1, 0.15) is 17.4 Å². The number of amides is 1. The Balaban J connectivity index is 1.58. The molecule has 0 unspecified atom stereocenters. The fourth-order valence-electron chi connectivity index (χ4n) is 3.20. The van der Waals surface area contributed by atoms with E-state index in [1.807, 2.05) is 0 Å². The number of carbonyl (C=O) groups excluding carboxylic acids is 1. The van der Waals surface area contributed by atoms with Crippen molar-refractivity contribution in [3.8, 4) is 0 Å². The highest BCUT2D eigenvalue weighted by molar-refractivity contribution is 5.92. The van der Waals surface area contributed by atoms with Crippen LogP contribution in [0.25, 0.3) is 0 Å². The number of rotatable bonds is 4. The van der Waals surface area contributed by atoms with Crippen LogP contribution in [0.4, 0.5) is 8.78 Å². The summed E-state index contributed by atoms with van der Waals surface area (Å²) in [5.74, 6) is -0.270. The van der Waals surface area contributed by atoms with Crippen LogP contribution in [0.3, 0.4) is 0 Å². The maximum Gasteiger partial charge on any atom is 0.276 e. The van der Waals surface area contributed by atoms with Crippen molar-refractivity contribution >= 4 is 5.91 Å². The molecule has 1 atom stereocenters. The molecule has 0 bridgehead atoms. The Morgan fingerprint density at radius 2 is 2.21 bits per heavy atom. The van der Waals surface area contributed by atoms with E-state index < -0.39 is 11.6 Å². The number of likely N-dealkylation sites (tertiary alicyclic amines) is 1. The molecule has 24 heavy (non-hydrogen) atoms. The molecule has 1 aliphatic heterocycles. The topological polar surface area (TPSA) is 46.3 Å². The molecule has 1 fully saturated rings. The van der Waals surface area contributed by atoms with E-state index in [0.717, 1.165) is 25.3 Å². The Morgan fingerprint density at radius 1 is 1.38 bits per heavy atom. The van der Waals surface area contributed by atoms with Crippen molar-refractivity contribution in [2.75, 3.05) is 13.1 Å². The molecule has 6 heteroatoms. The van der Waals surface area contributed by atoms with Crippen LogP contribution >= 0.6 is 0 Å². The zero-order valence-corrected chi connectivity index (χ0v) is 13.6. The second-order valence-corrected chi connectivity index (χ2v) is 6.36. The Labute approximate surface area is 139 Å². The molecule has 2 heterocycles. The number of halogens is 2. The monoisotopic (exact) mass is 334 g/mol. The van der Waals surface area contributed by atoms with Gasteiger partial charge in [0.05, 0.1) is 0 Å². The van der Waals surface area contributed by atoms with Crippen molar-refractivity contribution in [3.05, 3.63) is 52.9 Å². The second kappa shape index (κ2) is 7.11. The Hall–Kier alpha value is -2.24. The molecule has 1 aromatic heterocycles. The van der Waals surface area contributed by atoms with Crippen LogP contribution in [-0.4, -0.2) is 29.1 Å². The molecule has 1 saturated heterocycles. The smallest absolute Gasteiger partial charge is 0.276 e. The van der Waals surface area contributed by atoms with Crippen molar-refractivity contribution in [2.24, 2.45) is 5.92 Å². The maximum atomic E-state index is 13.7. The van der Waals surface area contributed by atoms with Gasteiger partial charge in [-0.1, -0.05) is 11.2 Å². The number of hydrogen-bond donors (Lipinski definition) is 0. The second-order valence-electron chi connectivity index (χ2n) is 6.36. The summed E-state index contributed by atoms with van der Waals surface area (Å²) >= 11 is 0. The molecule has 4 nitrogen and oxygen atoms in total. The fraction of sp³-hybridized carbons (Fsp3) is 0.444. The highest BCUT2D eigenvalue weighted by atomic mass is 19.1. The van der Waals surface area contributed by atoms with E-state index >= 15 is 0 Å². The summed E-state index contributed by atoms with van der Waals surface area (Å²) in [5, 5.41) is 3.78. The first-order chi connectivity index (χ1) is 11.5. The molecular weight excluding hydrogens is 314 g/mol. The Bertz CT molecular complexity index is 730. The van der Waals surface area contributed by atoms with Crippen LogP contribution in [0.15, 0.2) is 28.8 Å². The van der Waals surface area contributed by atoms with Crippen LogP contribution in [0, 0.1) is 24.5 Å². The number of nitrogens with zero attached hydrogens (tertiary/aromatic N) is 2. The van der Waals surface area contributed by atoms with Crippen molar-refractivity contribution < 1.29 is 18.1 Å². The summed E-state index contributed by atoms with van der Waals surface area (Å²) in [6.07, 6.45) is 3.23. The third-order valence-electron chi connectivity index (χ3n) is 4.49. The molecule has 2 aromatic rings. The lowest BCUT2D eigenvalue weighted by Gasteiger charge is -2.32. The van der Waals surface area contributed by atoms with Crippen LogP contribution in [-0.2, 0) is 6.42 Å². The number of benzene rings is 1. The van der Waals surface area contributed by atoms with Crippen LogP contribution < -0.4 is 0 Å². The van der Waals surface area contributed by atoms with Gasteiger partial charge in [0.25, 0.3) is 5.91 Å². The van der Waals surface area contributed by atoms with E-state index in [0.29, 0.717) is 42.4 Å². The SMILES string of the molecule is Cc1cc(C(=O)N2CCC[C@H](CCc3ccc(F)cc3F)C2)no1. The highest BCUT2D eigenvalue weighted by Crippen LogP contribution is 2.24. The minimum absolute atomic E-state index is 0.121. The average Bonchev–Trinajstić information content (AvgIpc) is 3.00. The number of aryl methyl sites for hydroxylation is 2. The summed E-state index contributed by atoms with van der Waals surface area (Å²) in [5.41, 5.74) is 0.852. The molecule has 0 N–H and O–H groups in total. The lowest BCUT2D eigenvalue weighted by atomic mass is 9.91. The van der Waals surface area contributed by atoms with Crippen molar-refractivity contribution in [2.45, 2.75) is 32.6 Å². The number of piperidine rings is 1. The van der Waals surface area contributed by atoms with Crippen molar-refractivity contribution in [3.63, 3.8) is 0 Å². The largest absolute Gasteiger partial charge is 0.361 e. The van der Waals surface area contributed by atoms with Crippen LogP contribution in [0.2, 0.25) is 0 Å². The summed E-state index contributed by atoms with van der Waals surface area (Å²) in [4.78, 5) is 14.2. The van der Waals surface area contributed by atoms with Gasteiger partial charge in [-0.2, -0.15) is 0 Å². The lowest BCUT2D eigenvalue weighted by Crippen LogP contribution is -2.40. The molecule has 0 saturated carbocycles. The quantitative estimate of drug-likeness (QED) is 0.855. The molecule has 0 spiro atoms. The Morgan fingerprint density at radius 3 is 2.92 bits per heavy atom. The molecule has 1 aromatic carbocycles. The summed E-state index contributed by atoms with van der Waals surface area (Å²) in [7, 11) is 0. The van der Waals surface area contributed by atoms with E-state index in [9.17, 15) is 13.6 Å². The minimum atomic E-state index is -0.561. The van der Waals surface area contributed by atoms with Crippen LogP contribution in [0.5, 0.6) is 0 Å². The number of aromatic nitrogens is 1. The van der Waals surface area contributed by atoms with Gasteiger partial charge < -0.3 is 9.42 Å². The van der Waals surface area contributed by atoms with Gasteiger partial charge in [0.2, 0.25) is 0 Å². The number of carbonyl (C=O) groups is 1. The molecule has 1 amide bonds. The first-order valence-corrected chi connectivity index (χ1v) is 8.19. The Kier molecular flexibility index (Phi) is 4.92. The lowest BCUT2D eigenvalue weighted by molar-refractivity contribution is 0.0657. The summed E-state index contributed by atoms with van der Waals surface area (Å²) in [6, 6.07) is 5.33. The van der Waals surface area contributed by atoms with Crippen molar-refractivity contribution in [1.29, 1.82) is 0 Å². The minimum Gasteiger partial charge on any atom is -0.361 e. The van der Waals surface area contributed by atoms with Gasteiger partial charge in [-0.25, -0.2) is 8.78 Å². The van der Waals surface area contributed by atoms with Gasteiger partial charge in [-0.05, 0) is 50.2 Å². The standard InChI is InChI=1S/C18H20F2N2O2/c1-12-9-17(21-24-12)18(23)22-8-2-3-13(11-22)4-5-14-6-7-15(19)10-16(14)20/h6-7,9-10,13H,2-5,8,11H2,1H3/t13-/m1/s1. The van der Waals surface area contributed by atoms with E-state index in [2.05, 4.69) is 5.16 Å². The predicted octanol–water partition coefficient (Wildman–Crippen LogP) is 3.75. The van der Waals surface area contributed by atoms with E-state index in [4.69, 9.17) is 4.52 Å². The molecular formula is C18H20F2N2O2.